The van der Waals surface area contributed by atoms with Gasteiger partial charge in [0.05, 0.1) is 6.04 Å². The van der Waals surface area contributed by atoms with Crippen molar-refractivity contribution in [3.63, 3.8) is 0 Å². The summed E-state index contributed by atoms with van der Waals surface area (Å²) in [5.74, 6) is 0.605. The van der Waals surface area contributed by atoms with E-state index < -0.39 is 0 Å². The molecule has 3 aromatic rings. The lowest BCUT2D eigenvalue weighted by atomic mass is 10.1. The van der Waals surface area contributed by atoms with Gasteiger partial charge in [-0.25, -0.2) is 4.98 Å². The van der Waals surface area contributed by atoms with E-state index in [4.69, 9.17) is 10.2 Å². The molecule has 0 aliphatic rings. The van der Waals surface area contributed by atoms with E-state index in [1.807, 2.05) is 43.3 Å². The van der Waals surface area contributed by atoms with E-state index in [2.05, 4.69) is 17.1 Å². The number of oxazole rings is 1. The minimum absolute atomic E-state index is 0.214. The summed E-state index contributed by atoms with van der Waals surface area (Å²) < 4.78 is 5.75. The summed E-state index contributed by atoms with van der Waals surface area (Å²) in [7, 11) is 0. The van der Waals surface area contributed by atoms with Gasteiger partial charge in [0, 0.05) is 0 Å². The van der Waals surface area contributed by atoms with Crippen LogP contribution in [-0.2, 0) is 6.42 Å². The highest BCUT2D eigenvalue weighted by Crippen LogP contribution is 2.23. The molecule has 2 aromatic carbocycles. The number of rotatable bonds is 3. The van der Waals surface area contributed by atoms with E-state index in [9.17, 15) is 0 Å². The van der Waals surface area contributed by atoms with Crippen LogP contribution in [0.15, 0.2) is 52.9 Å². The van der Waals surface area contributed by atoms with Gasteiger partial charge in [-0.3, -0.25) is 0 Å². The SMILES string of the molecule is Cc1cccc2oc(C(N)Cc3ccccc3)nc12. The summed E-state index contributed by atoms with van der Waals surface area (Å²) in [5.41, 5.74) is 10.2. The minimum Gasteiger partial charge on any atom is -0.439 e. The second-order valence-corrected chi connectivity index (χ2v) is 4.77. The molecule has 0 bridgehead atoms. The fraction of sp³-hybridized carbons (Fsp3) is 0.188. The second kappa shape index (κ2) is 4.86. The number of hydrogen-bond donors (Lipinski definition) is 1. The Morgan fingerprint density at radius 3 is 2.63 bits per heavy atom. The Labute approximate surface area is 112 Å². The highest BCUT2D eigenvalue weighted by molar-refractivity contribution is 5.76. The molecule has 1 unspecified atom stereocenters. The molecule has 0 radical (unpaired) electrons. The standard InChI is InChI=1S/C16H16N2O/c1-11-6-5-9-14-15(11)18-16(19-14)13(17)10-12-7-3-2-4-8-12/h2-9,13H,10,17H2,1H3. The lowest BCUT2D eigenvalue weighted by molar-refractivity contribution is 0.474. The van der Waals surface area contributed by atoms with Gasteiger partial charge in [-0.15, -0.1) is 0 Å². The molecule has 19 heavy (non-hydrogen) atoms. The second-order valence-electron chi connectivity index (χ2n) is 4.77. The molecule has 2 N–H and O–H groups in total. The Kier molecular flexibility index (Phi) is 3.05. The average Bonchev–Trinajstić information content (AvgIpc) is 2.85. The van der Waals surface area contributed by atoms with Crippen molar-refractivity contribution in [2.24, 2.45) is 5.73 Å². The Bertz CT molecular complexity index is 688. The van der Waals surface area contributed by atoms with E-state index in [1.54, 1.807) is 0 Å². The molecule has 1 heterocycles. The molecule has 0 spiro atoms. The van der Waals surface area contributed by atoms with E-state index >= 15 is 0 Å². The molecule has 3 nitrogen and oxygen atoms in total. The zero-order valence-electron chi connectivity index (χ0n) is 10.8. The van der Waals surface area contributed by atoms with Crippen molar-refractivity contribution in [2.75, 3.05) is 0 Å². The monoisotopic (exact) mass is 252 g/mol. The Morgan fingerprint density at radius 1 is 1.11 bits per heavy atom. The summed E-state index contributed by atoms with van der Waals surface area (Å²) in [5, 5.41) is 0. The van der Waals surface area contributed by atoms with E-state index in [0.717, 1.165) is 23.1 Å². The van der Waals surface area contributed by atoms with Crippen LogP contribution >= 0.6 is 0 Å². The molecule has 0 saturated carbocycles. The molecule has 1 atom stereocenters. The van der Waals surface area contributed by atoms with Crippen molar-refractivity contribution in [2.45, 2.75) is 19.4 Å². The molecule has 0 aliphatic heterocycles. The van der Waals surface area contributed by atoms with Gasteiger partial charge in [0.25, 0.3) is 0 Å². The fourth-order valence-corrected chi connectivity index (χ4v) is 2.22. The molecule has 96 valence electrons. The number of benzene rings is 2. The van der Waals surface area contributed by atoms with Crippen LogP contribution < -0.4 is 5.73 Å². The molecular weight excluding hydrogens is 236 g/mol. The van der Waals surface area contributed by atoms with E-state index in [-0.39, 0.29) is 6.04 Å². The zero-order chi connectivity index (χ0) is 13.2. The zero-order valence-corrected chi connectivity index (χ0v) is 10.8. The first-order valence-electron chi connectivity index (χ1n) is 6.39. The third-order valence-corrected chi connectivity index (χ3v) is 3.25. The van der Waals surface area contributed by atoms with Crippen LogP contribution in [0.4, 0.5) is 0 Å². The lowest BCUT2D eigenvalue weighted by Crippen LogP contribution is -2.13. The van der Waals surface area contributed by atoms with Gasteiger partial charge in [0.1, 0.15) is 5.52 Å². The number of aryl methyl sites for hydroxylation is 1. The van der Waals surface area contributed by atoms with Crippen molar-refractivity contribution in [1.82, 2.24) is 4.98 Å². The van der Waals surface area contributed by atoms with Gasteiger partial charge < -0.3 is 10.2 Å². The number of nitrogens with zero attached hydrogens (tertiary/aromatic N) is 1. The molecule has 0 fully saturated rings. The number of fused-ring (bicyclic) bond motifs is 1. The number of nitrogens with two attached hydrogens (primary N) is 1. The highest BCUT2D eigenvalue weighted by Gasteiger charge is 2.15. The normalized spacial score (nSPS) is 12.7. The van der Waals surface area contributed by atoms with Crippen molar-refractivity contribution in [3.05, 3.63) is 65.5 Å². The molecular formula is C16H16N2O. The maximum atomic E-state index is 6.18. The number of aromatic nitrogens is 1. The van der Waals surface area contributed by atoms with Crippen LogP contribution in [0.25, 0.3) is 11.1 Å². The molecule has 3 rings (SSSR count). The predicted molar refractivity (Wildman–Crippen MR) is 75.8 cm³/mol. The van der Waals surface area contributed by atoms with E-state index in [1.165, 1.54) is 5.56 Å². The maximum absolute atomic E-state index is 6.18. The van der Waals surface area contributed by atoms with Gasteiger partial charge in [0.15, 0.2) is 5.58 Å². The summed E-state index contributed by atoms with van der Waals surface area (Å²) in [4.78, 5) is 4.52. The fourth-order valence-electron chi connectivity index (χ4n) is 2.22. The van der Waals surface area contributed by atoms with Crippen molar-refractivity contribution < 1.29 is 4.42 Å². The van der Waals surface area contributed by atoms with Crippen LogP contribution in [-0.4, -0.2) is 4.98 Å². The van der Waals surface area contributed by atoms with Crippen LogP contribution in [0, 0.1) is 6.92 Å². The first-order valence-corrected chi connectivity index (χ1v) is 6.39. The molecule has 0 aliphatic carbocycles. The van der Waals surface area contributed by atoms with Crippen molar-refractivity contribution >= 4 is 11.1 Å². The molecule has 1 aromatic heterocycles. The minimum atomic E-state index is -0.214. The van der Waals surface area contributed by atoms with Gasteiger partial charge >= 0.3 is 0 Å². The molecule has 0 amide bonds. The smallest absolute Gasteiger partial charge is 0.212 e. The average molecular weight is 252 g/mol. The predicted octanol–water partition coefficient (Wildman–Crippen LogP) is 3.38. The quantitative estimate of drug-likeness (QED) is 0.777. The summed E-state index contributed by atoms with van der Waals surface area (Å²) in [6.45, 7) is 2.03. The Balaban J connectivity index is 1.89. The van der Waals surface area contributed by atoms with Crippen molar-refractivity contribution in [1.29, 1.82) is 0 Å². The lowest BCUT2D eigenvalue weighted by Gasteiger charge is -2.06. The van der Waals surface area contributed by atoms with Crippen LogP contribution in [0.2, 0.25) is 0 Å². The summed E-state index contributed by atoms with van der Waals surface area (Å²) in [6.07, 6.45) is 0.729. The Hall–Kier alpha value is -2.13. The first-order chi connectivity index (χ1) is 9.24. The van der Waals surface area contributed by atoms with Gasteiger partial charge in [-0.05, 0) is 30.5 Å². The van der Waals surface area contributed by atoms with Gasteiger partial charge in [-0.2, -0.15) is 0 Å². The van der Waals surface area contributed by atoms with Crippen LogP contribution in [0.3, 0.4) is 0 Å². The first kappa shape index (κ1) is 11.9. The van der Waals surface area contributed by atoms with Gasteiger partial charge in [-0.1, -0.05) is 42.5 Å². The molecule has 0 saturated heterocycles. The largest absolute Gasteiger partial charge is 0.439 e. The van der Waals surface area contributed by atoms with Gasteiger partial charge in [0.2, 0.25) is 5.89 Å². The Morgan fingerprint density at radius 2 is 1.89 bits per heavy atom. The van der Waals surface area contributed by atoms with Crippen LogP contribution in [0.1, 0.15) is 23.1 Å². The summed E-state index contributed by atoms with van der Waals surface area (Å²) >= 11 is 0. The number of para-hydroxylation sites is 1. The van der Waals surface area contributed by atoms with Crippen LogP contribution in [0.5, 0.6) is 0 Å². The van der Waals surface area contributed by atoms with E-state index in [0.29, 0.717) is 5.89 Å². The maximum Gasteiger partial charge on any atom is 0.212 e. The topological polar surface area (TPSA) is 52.0 Å². The molecule has 3 heteroatoms. The number of hydrogen-bond acceptors (Lipinski definition) is 3. The highest BCUT2D eigenvalue weighted by atomic mass is 16.3. The third-order valence-electron chi connectivity index (χ3n) is 3.25. The third kappa shape index (κ3) is 2.37. The van der Waals surface area contributed by atoms with Crippen molar-refractivity contribution in [3.8, 4) is 0 Å². The summed E-state index contributed by atoms with van der Waals surface area (Å²) in [6, 6.07) is 15.9.